The van der Waals surface area contributed by atoms with Crippen molar-refractivity contribution in [2.45, 2.75) is 130 Å². The number of benzene rings is 2. The fourth-order valence-electron chi connectivity index (χ4n) is 5.58. The molecule has 37 heavy (non-hydrogen) atoms. The third kappa shape index (κ3) is 10.1. The van der Waals surface area contributed by atoms with Crippen molar-refractivity contribution in [3.05, 3.63) is 89.5 Å². The molecule has 3 aromatic rings. The van der Waals surface area contributed by atoms with Gasteiger partial charge in [0.15, 0.2) is 0 Å². The van der Waals surface area contributed by atoms with Gasteiger partial charge in [0, 0.05) is 6.42 Å². The lowest BCUT2D eigenvalue weighted by molar-refractivity contribution is -0.704. The molecule has 0 aliphatic heterocycles. The number of hydrogen-bond donors (Lipinski definition) is 0. The van der Waals surface area contributed by atoms with Crippen molar-refractivity contribution in [2.24, 2.45) is 0 Å². The van der Waals surface area contributed by atoms with Crippen LogP contribution in [0.25, 0.3) is 0 Å². The predicted molar refractivity (Wildman–Crippen MR) is 159 cm³/mol. The van der Waals surface area contributed by atoms with E-state index in [1.807, 2.05) is 0 Å². The van der Waals surface area contributed by atoms with Crippen LogP contribution < -0.4 is 4.57 Å². The Labute approximate surface area is 228 Å². The maximum absolute atomic E-state index is 2.71. The van der Waals surface area contributed by atoms with Crippen molar-refractivity contribution in [3.8, 4) is 0 Å². The van der Waals surface area contributed by atoms with Crippen molar-refractivity contribution >= 4 is 0 Å². The van der Waals surface area contributed by atoms with Gasteiger partial charge in [0.1, 0.15) is 11.9 Å². The van der Waals surface area contributed by atoms with Gasteiger partial charge in [-0.25, -0.2) is 9.13 Å². The lowest BCUT2D eigenvalue weighted by Crippen LogP contribution is -2.37. The number of aromatic nitrogens is 2. The quantitative estimate of drug-likeness (QED) is 0.114. The minimum Gasteiger partial charge on any atom is -0.234 e. The molecule has 2 heteroatoms. The number of rotatable bonds is 19. The molecular weight excluding hydrogens is 448 g/mol. The molecule has 1 heterocycles. The van der Waals surface area contributed by atoms with Crippen LogP contribution in [0.4, 0.5) is 0 Å². The average molecular weight is 502 g/mol. The first-order valence-corrected chi connectivity index (χ1v) is 15.4. The largest absolute Gasteiger partial charge is 0.261 e. The van der Waals surface area contributed by atoms with Crippen LogP contribution in [0, 0.1) is 0 Å². The summed E-state index contributed by atoms with van der Waals surface area (Å²) in [6, 6.07) is 22.2. The van der Waals surface area contributed by atoms with Gasteiger partial charge < -0.3 is 0 Å². The van der Waals surface area contributed by atoms with E-state index in [2.05, 4.69) is 96.8 Å². The smallest absolute Gasteiger partial charge is 0.234 e. The maximum Gasteiger partial charge on any atom is 0.261 e. The monoisotopic (exact) mass is 501 g/mol. The highest BCUT2D eigenvalue weighted by atomic mass is 15.2. The highest BCUT2D eigenvalue weighted by Crippen LogP contribution is 2.22. The second kappa shape index (κ2) is 17.2. The average Bonchev–Trinajstić information content (AvgIpc) is 3.24. The Morgan fingerprint density at radius 3 is 1.89 bits per heavy atom. The first-order chi connectivity index (χ1) is 18.2. The van der Waals surface area contributed by atoms with Gasteiger partial charge in [0.05, 0.1) is 19.5 Å². The zero-order chi connectivity index (χ0) is 26.1. The van der Waals surface area contributed by atoms with Crippen LogP contribution >= 0.6 is 0 Å². The fourth-order valence-corrected chi connectivity index (χ4v) is 5.58. The van der Waals surface area contributed by atoms with Gasteiger partial charge in [-0.1, -0.05) is 133 Å². The first-order valence-electron chi connectivity index (χ1n) is 15.4. The summed E-state index contributed by atoms with van der Waals surface area (Å²) in [5, 5.41) is 0. The second-order valence-electron chi connectivity index (χ2n) is 11.1. The predicted octanol–water partition coefficient (Wildman–Crippen LogP) is 9.43. The molecule has 0 amide bonds. The number of imidazole rings is 1. The third-order valence-electron chi connectivity index (χ3n) is 7.87. The summed E-state index contributed by atoms with van der Waals surface area (Å²) in [7, 11) is 0. The van der Waals surface area contributed by atoms with E-state index in [1.165, 1.54) is 99.7 Å². The highest BCUT2D eigenvalue weighted by Gasteiger charge is 2.25. The van der Waals surface area contributed by atoms with Crippen LogP contribution in [0.5, 0.6) is 0 Å². The first kappa shape index (κ1) is 29.2. The van der Waals surface area contributed by atoms with Crippen molar-refractivity contribution in [2.75, 3.05) is 0 Å². The molecule has 0 spiro atoms. The summed E-state index contributed by atoms with van der Waals surface area (Å²) in [5.41, 5.74) is 4.38. The van der Waals surface area contributed by atoms with E-state index in [4.69, 9.17) is 0 Å². The molecule has 2 aromatic carbocycles. The van der Waals surface area contributed by atoms with E-state index in [-0.39, 0.29) is 0 Å². The lowest BCUT2D eigenvalue weighted by atomic mass is 9.96. The Morgan fingerprint density at radius 2 is 1.24 bits per heavy atom. The van der Waals surface area contributed by atoms with E-state index in [0.717, 1.165) is 25.9 Å². The topological polar surface area (TPSA) is 8.81 Å². The summed E-state index contributed by atoms with van der Waals surface area (Å²) in [4.78, 5) is 0. The van der Waals surface area contributed by atoms with Gasteiger partial charge in [-0.2, -0.15) is 0 Å². The molecule has 1 aromatic heterocycles. The van der Waals surface area contributed by atoms with E-state index in [9.17, 15) is 0 Å². The van der Waals surface area contributed by atoms with Crippen molar-refractivity contribution in [1.82, 2.24) is 4.57 Å². The van der Waals surface area contributed by atoms with E-state index >= 15 is 0 Å². The lowest BCUT2D eigenvalue weighted by Gasteiger charge is -2.12. The molecule has 202 valence electrons. The summed E-state index contributed by atoms with van der Waals surface area (Å²) in [5.74, 6) is 2.02. The van der Waals surface area contributed by atoms with Crippen LogP contribution in [0.2, 0.25) is 0 Å². The summed E-state index contributed by atoms with van der Waals surface area (Å²) < 4.78 is 5.33. The fraction of sp³-hybridized carbons (Fsp3) is 0.571. The van der Waals surface area contributed by atoms with Crippen LogP contribution in [-0.4, -0.2) is 4.57 Å². The van der Waals surface area contributed by atoms with Gasteiger partial charge in [0.25, 0.3) is 5.82 Å². The number of unbranched alkanes of at least 4 members (excludes halogenated alkanes) is 10. The van der Waals surface area contributed by atoms with Gasteiger partial charge in [-0.15, -0.1) is 0 Å². The molecule has 0 radical (unpaired) electrons. The van der Waals surface area contributed by atoms with Gasteiger partial charge in [0.2, 0.25) is 0 Å². The zero-order valence-corrected chi connectivity index (χ0v) is 24.1. The van der Waals surface area contributed by atoms with Gasteiger partial charge >= 0.3 is 0 Å². The van der Waals surface area contributed by atoms with E-state index < -0.39 is 0 Å². The Kier molecular flexibility index (Phi) is 13.6. The Balaban J connectivity index is 1.80. The normalized spacial score (nSPS) is 12.2. The molecule has 3 rings (SSSR count). The van der Waals surface area contributed by atoms with Crippen molar-refractivity contribution in [3.63, 3.8) is 0 Å². The molecule has 2 nitrogen and oxygen atoms in total. The number of hydrogen-bond acceptors (Lipinski definition) is 0. The van der Waals surface area contributed by atoms with E-state index in [0.29, 0.717) is 5.92 Å². The van der Waals surface area contributed by atoms with Crippen molar-refractivity contribution < 1.29 is 4.57 Å². The van der Waals surface area contributed by atoms with Crippen molar-refractivity contribution in [1.29, 1.82) is 0 Å². The third-order valence-corrected chi connectivity index (χ3v) is 7.87. The summed E-state index contributed by atoms with van der Waals surface area (Å²) in [6.07, 6.45) is 20.8. The SMILES string of the molecule is CCCCCCCCC[n+]1cc(CC(C)c2ccccc2)n(CCCCCCC)c1Cc1ccccc1. The minimum absolute atomic E-state index is 0.520. The Hall–Kier alpha value is -2.35. The summed E-state index contributed by atoms with van der Waals surface area (Å²) >= 11 is 0. The molecule has 1 atom stereocenters. The molecular formula is C35H53N2+. The molecule has 0 aliphatic carbocycles. The molecule has 0 saturated heterocycles. The Morgan fingerprint density at radius 1 is 0.676 bits per heavy atom. The van der Waals surface area contributed by atoms with Crippen LogP contribution in [-0.2, 0) is 25.9 Å². The van der Waals surface area contributed by atoms with Crippen LogP contribution in [0.15, 0.2) is 66.9 Å². The molecule has 0 N–H and O–H groups in total. The Bertz CT molecular complexity index is 973. The van der Waals surface area contributed by atoms with Gasteiger partial charge in [-0.3, -0.25) is 0 Å². The van der Waals surface area contributed by atoms with Gasteiger partial charge in [-0.05, 0) is 42.7 Å². The minimum atomic E-state index is 0.520. The van der Waals surface area contributed by atoms with Crippen LogP contribution in [0.1, 0.15) is 126 Å². The summed E-state index contributed by atoms with van der Waals surface area (Å²) in [6.45, 7) is 9.29. The zero-order valence-electron chi connectivity index (χ0n) is 24.1. The maximum atomic E-state index is 2.71. The number of aryl methyl sites for hydroxylation is 1. The molecule has 1 unspecified atom stereocenters. The molecule has 0 fully saturated rings. The number of nitrogens with zero attached hydrogens (tertiary/aromatic N) is 2. The molecule has 0 bridgehead atoms. The molecule has 0 saturated carbocycles. The highest BCUT2D eigenvalue weighted by molar-refractivity contribution is 5.22. The van der Waals surface area contributed by atoms with E-state index in [1.54, 1.807) is 0 Å². The standard InChI is InChI=1S/C35H53N2/c1-4-6-8-10-11-13-20-26-36-30-34(28-31(3)33-24-18-15-19-25-33)37(27-21-12-9-7-5-2)35(36)29-32-22-16-14-17-23-32/h14-19,22-25,30-31H,4-13,20-21,26-29H2,1-3H3/q+1. The van der Waals surface area contributed by atoms with Crippen LogP contribution in [0.3, 0.4) is 0 Å². The molecule has 0 aliphatic rings. The second-order valence-corrected chi connectivity index (χ2v) is 11.1.